The zero-order valence-electron chi connectivity index (χ0n) is 6.91. The Morgan fingerprint density at radius 2 is 2.17 bits per heavy atom. The summed E-state index contributed by atoms with van der Waals surface area (Å²) in [5.41, 5.74) is 3.10. The number of carbonyl (C=O) groups excluding carboxylic acids is 1. The standard InChI is InChI=1S/C9H10BrNO/c1-5-8-6(9(10)11-5)3-2-4-7(8)12/h11H,2-4H2,1H3. The number of Topliss-reactive ketones (excluding diaryl/α,β-unsaturated/α-hetero) is 1. The van der Waals surface area contributed by atoms with E-state index in [0.29, 0.717) is 6.42 Å². The van der Waals surface area contributed by atoms with E-state index >= 15 is 0 Å². The van der Waals surface area contributed by atoms with Crippen molar-refractivity contribution in [2.45, 2.75) is 26.2 Å². The van der Waals surface area contributed by atoms with Crippen LogP contribution in [-0.4, -0.2) is 10.8 Å². The van der Waals surface area contributed by atoms with Crippen molar-refractivity contribution in [1.82, 2.24) is 4.98 Å². The van der Waals surface area contributed by atoms with Gasteiger partial charge in [0.2, 0.25) is 0 Å². The number of hydrogen-bond donors (Lipinski definition) is 1. The van der Waals surface area contributed by atoms with Gasteiger partial charge in [0.1, 0.15) is 0 Å². The Bertz CT molecular complexity index is 341. The number of rotatable bonds is 0. The quantitative estimate of drug-likeness (QED) is 0.727. The largest absolute Gasteiger partial charge is 0.353 e. The molecule has 3 heteroatoms. The van der Waals surface area contributed by atoms with Crippen molar-refractivity contribution in [3.63, 3.8) is 0 Å². The first-order chi connectivity index (χ1) is 5.70. The summed E-state index contributed by atoms with van der Waals surface area (Å²) in [6.07, 6.45) is 2.71. The van der Waals surface area contributed by atoms with Gasteiger partial charge in [0.15, 0.2) is 5.78 Å². The second-order valence-corrected chi connectivity index (χ2v) is 3.99. The fraction of sp³-hybridized carbons (Fsp3) is 0.444. The molecule has 0 saturated heterocycles. The molecule has 0 amide bonds. The number of H-pyrrole nitrogens is 1. The molecule has 1 aromatic rings. The molecule has 12 heavy (non-hydrogen) atoms. The van der Waals surface area contributed by atoms with Crippen LogP contribution in [0.2, 0.25) is 0 Å². The van der Waals surface area contributed by atoms with Crippen LogP contribution in [0.3, 0.4) is 0 Å². The van der Waals surface area contributed by atoms with Crippen molar-refractivity contribution >= 4 is 21.7 Å². The average Bonchev–Trinajstić information content (AvgIpc) is 2.29. The van der Waals surface area contributed by atoms with E-state index < -0.39 is 0 Å². The van der Waals surface area contributed by atoms with Crippen molar-refractivity contribution in [1.29, 1.82) is 0 Å². The highest BCUT2D eigenvalue weighted by molar-refractivity contribution is 9.10. The Morgan fingerprint density at radius 1 is 1.42 bits per heavy atom. The highest BCUT2D eigenvalue weighted by Gasteiger charge is 2.23. The Kier molecular flexibility index (Phi) is 1.83. The van der Waals surface area contributed by atoms with Gasteiger partial charge in [0.05, 0.1) is 4.60 Å². The summed E-state index contributed by atoms with van der Waals surface area (Å²) < 4.78 is 0.989. The highest BCUT2D eigenvalue weighted by atomic mass is 79.9. The zero-order valence-corrected chi connectivity index (χ0v) is 8.49. The number of carbonyl (C=O) groups is 1. The van der Waals surface area contributed by atoms with E-state index in [-0.39, 0.29) is 5.78 Å². The number of fused-ring (bicyclic) bond motifs is 1. The zero-order chi connectivity index (χ0) is 8.72. The lowest BCUT2D eigenvalue weighted by Crippen LogP contribution is -2.09. The second-order valence-electron chi connectivity index (χ2n) is 3.19. The predicted octanol–water partition coefficient (Wildman–Crippen LogP) is 2.60. The van der Waals surface area contributed by atoms with Crippen molar-refractivity contribution in [2.75, 3.05) is 0 Å². The number of hydrogen-bond acceptors (Lipinski definition) is 1. The summed E-state index contributed by atoms with van der Waals surface area (Å²) in [6, 6.07) is 0. The average molecular weight is 228 g/mol. The number of halogens is 1. The van der Waals surface area contributed by atoms with E-state index in [1.165, 1.54) is 5.56 Å². The summed E-state index contributed by atoms with van der Waals surface area (Å²) >= 11 is 3.42. The van der Waals surface area contributed by atoms with E-state index in [1.807, 2.05) is 6.92 Å². The minimum absolute atomic E-state index is 0.288. The molecule has 2 nitrogen and oxygen atoms in total. The predicted molar refractivity (Wildman–Crippen MR) is 50.5 cm³/mol. The monoisotopic (exact) mass is 227 g/mol. The van der Waals surface area contributed by atoms with Gasteiger partial charge in [0.25, 0.3) is 0 Å². The first-order valence-corrected chi connectivity index (χ1v) is 4.89. The van der Waals surface area contributed by atoms with Crippen LogP contribution in [-0.2, 0) is 6.42 Å². The Labute approximate surface area is 79.5 Å². The minimum atomic E-state index is 0.288. The summed E-state index contributed by atoms with van der Waals surface area (Å²) in [7, 11) is 0. The fourth-order valence-corrected chi connectivity index (χ4v) is 2.50. The molecule has 1 heterocycles. The molecular formula is C9H10BrNO. The molecule has 1 aliphatic carbocycles. The molecule has 0 atom stereocenters. The van der Waals surface area contributed by atoms with E-state index in [9.17, 15) is 4.79 Å². The van der Waals surface area contributed by atoms with Crippen LogP contribution in [0.5, 0.6) is 0 Å². The minimum Gasteiger partial charge on any atom is -0.353 e. The van der Waals surface area contributed by atoms with E-state index in [1.54, 1.807) is 0 Å². The molecule has 0 aliphatic heterocycles. The van der Waals surface area contributed by atoms with Crippen LogP contribution in [0.1, 0.15) is 34.5 Å². The molecule has 1 N–H and O–H groups in total. The van der Waals surface area contributed by atoms with Crippen LogP contribution in [0.25, 0.3) is 0 Å². The van der Waals surface area contributed by atoms with E-state index in [0.717, 1.165) is 28.7 Å². The Balaban J connectivity index is 2.62. The maximum absolute atomic E-state index is 11.5. The van der Waals surface area contributed by atoms with Gasteiger partial charge in [-0.2, -0.15) is 0 Å². The van der Waals surface area contributed by atoms with Crippen molar-refractivity contribution in [2.24, 2.45) is 0 Å². The van der Waals surface area contributed by atoms with Crippen LogP contribution < -0.4 is 0 Å². The molecule has 64 valence electrons. The molecule has 0 saturated carbocycles. The molecule has 2 rings (SSSR count). The first-order valence-electron chi connectivity index (χ1n) is 4.10. The lowest BCUT2D eigenvalue weighted by atomic mass is 9.93. The molecular weight excluding hydrogens is 218 g/mol. The third kappa shape index (κ3) is 1.04. The first kappa shape index (κ1) is 8.05. The van der Waals surface area contributed by atoms with Gasteiger partial charge >= 0.3 is 0 Å². The van der Waals surface area contributed by atoms with Gasteiger partial charge in [-0.3, -0.25) is 4.79 Å². The molecule has 0 radical (unpaired) electrons. The molecule has 0 unspecified atom stereocenters. The van der Waals surface area contributed by atoms with Crippen molar-refractivity contribution < 1.29 is 4.79 Å². The van der Waals surface area contributed by atoms with Gasteiger partial charge < -0.3 is 4.98 Å². The Morgan fingerprint density at radius 3 is 2.83 bits per heavy atom. The summed E-state index contributed by atoms with van der Waals surface area (Å²) in [5.74, 6) is 0.288. The third-order valence-corrected chi connectivity index (χ3v) is 3.03. The number of nitrogens with one attached hydrogen (secondary N) is 1. The van der Waals surface area contributed by atoms with Gasteiger partial charge in [-0.25, -0.2) is 0 Å². The van der Waals surface area contributed by atoms with Gasteiger partial charge in [-0.05, 0) is 41.3 Å². The summed E-state index contributed by atoms with van der Waals surface area (Å²) in [5, 5.41) is 0. The molecule has 0 bridgehead atoms. The smallest absolute Gasteiger partial charge is 0.164 e. The molecule has 0 fully saturated rings. The van der Waals surface area contributed by atoms with Crippen LogP contribution in [0.15, 0.2) is 4.60 Å². The van der Waals surface area contributed by atoms with Crippen LogP contribution in [0, 0.1) is 6.92 Å². The molecule has 0 spiro atoms. The molecule has 1 aromatic heterocycles. The number of aryl methyl sites for hydroxylation is 1. The lowest BCUT2D eigenvalue weighted by Gasteiger charge is -2.10. The van der Waals surface area contributed by atoms with Gasteiger partial charge in [-0.1, -0.05) is 0 Å². The maximum atomic E-state index is 11.5. The summed E-state index contributed by atoms with van der Waals surface area (Å²) in [6.45, 7) is 1.95. The number of aromatic nitrogens is 1. The third-order valence-electron chi connectivity index (χ3n) is 2.35. The lowest BCUT2D eigenvalue weighted by molar-refractivity contribution is 0.0972. The van der Waals surface area contributed by atoms with E-state index in [2.05, 4.69) is 20.9 Å². The van der Waals surface area contributed by atoms with Gasteiger partial charge in [0, 0.05) is 17.7 Å². The van der Waals surface area contributed by atoms with Crippen LogP contribution >= 0.6 is 15.9 Å². The SMILES string of the molecule is Cc1[nH]c(Br)c2c1C(=O)CCC2. The van der Waals surface area contributed by atoms with Crippen molar-refractivity contribution in [3.8, 4) is 0 Å². The highest BCUT2D eigenvalue weighted by Crippen LogP contribution is 2.30. The fourth-order valence-electron chi connectivity index (χ4n) is 1.80. The van der Waals surface area contributed by atoms with Crippen molar-refractivity contribution in [3.05, 3.63) is 21.4 Å². The van der Waals surface area contributed by atoms with E-state index in [4.69, 9.17) is 0 Å². The maximum Gasteiger partial charge on any atom is 0.164 e. The Hall–Kier alpha value is -0.570. The number of aromatic amines is 1. The summed E-state index contributed by atoms with van der Waals surface area (Å²) in [4.78, 5) is 14.6. The second kappa shape index (κ2) is 2.73. The number of ketones is 1. The van der Waals surface area contributed by atoms with Crippen LogP contribution in [0.4, 0.5) is 0 Å². The molecule has 0 aromatic carbocycles. The van der Waals surface area contributed by atoms with Gasteiger partial charge in [-0.15, -0.1) is 0 Å². The molecule has 1 aliphatic rings. The topological polar surface area (TPSA) is 32.9 Å². The normalized spacial score (nSPS) is 16.3.